The number of aromatic nitrogens is 2. The number of nitriles is 1. The highest BCUT2D eigenvalue weighted by atomic mass is 15.1. The van der Waals surface area contributed by atoms with Crippen molar-refractivity contribution >= 4 is 55.9 Å². The Balaban J connectivity index is 1.18. The smallest absolute Gasteiger partial charge is 0.0991 e. The molecule has 0 amide bonds. The van der Waals surface area contributed by atoms with Crippen molar-refractivity contribution in [3.63, 3.8) is 0 Å². The van der Waals surface area contributed by atoms with Gasteiger partial charge in [-0.1, -0.05) is 97.1 Å². The molecule has 10 aromatic rings. The summed E-state index contributed by atoms with van der Waals surface area (Å²) in [5.41, 5.74) is 14.4. The average Bonchev–Trinajstić information content (AvgIpc) is 3.64. The van der Waals surface area contributed by atoms with Crippen LogP contribution < -0.4 is 9.80 Å². The van der Waals surface area contributed by atoms with Gasteiger partial charge in [0.25, 0.3) is 0 Å². The number of benzene rings is 8. The first-order valence-electron chi connectivity index (χ1n) is 19.7. The van der Waals surface area contributed by atoms with Gasteiger partial charge in [-0.3, -0.25) is 4.98 Å². The molecule has 0 spiro atoms. The van der Waals surface area contributed by atoms with Crippen molar-refractivity contribution in [3.8, 4) is 34.0 Å². The summed E-state index contributed by atoms with van der Waals surface area (Å²) in [4.78, 5) is 9.00. The van der Waals surface area contributed by atoms with Crippen molar-refractivity contribution in [1.82, 2.24) is 9.55 Å². The van der Waals surface area contributed by atoms with E-state index in [1.54, 1.807) is 6.20 Å². The van der Waals surface area contributed by atoms with Crippen LogP contribution in [0.4, 0.5) is 34.1 Å². The summed E-state index contributed by atoms with van der Waals surface area (Å²) in [7, 11) is 0. The topological polar surface area (TPSA) is 48.1 Å². The molecule has 59 heavy (non-hydrogen) atoms. The fourth-order valence-corrected chi connectivity index (χ4v) is 8.17. The Kier molecular flexibility index (Phi) is 9.19. The van der Waals surface area contributed by atoms with Crippen molar-refractivity contribution in [2.24, 2.45) is 0 Å². The Morgan fingerprint density at radius 1 is 0.407 bits per heavy atom. The Hall–Kier alpha value is -8.20. The van der Waals surface area contributed by atoms with Gasteiger partial charge in [-0.2, -0.15) is 5.26 Å². The minimum Gasteiger partial charge on any atom is -0.310 e. The van der Waals surface area contributed by atoms with Crippen molar-refractivity contribution in [2.45, 2.75) is 0 Å². The highest BCUT2D eigenvalue weighted by Crippen LogP contribution is 2.43. The van der Waals surface area contributed by atoms with E-state index in [1.165, 1.54) is 0 Å². The highest BCUT2D eigenvalue weighted by molar-refractivity contribution is 6.12. The van der Waals surface area contributed by atoms with E-state index in [4.69, 9.17) is 0 Å². The van der Waals surface area contributed by atoms with Crippen LogP contribution in [0.25, 0.3) is 49.7 Å². The van der Waals surface area contributed by atoms with Crippen molar-refractivity contribution in [3.05, 3.63) is 230 Å². The molecule has 2 aromatic heterocycles. The maximum Gasteiger partial charge on any atom is 0.0991 e. The molecule has 0 fully saturated rings. The van der Waals surface area contributed by atoms with Crippen LogP contribution in [-0.4, -0.2) is 9.55 Å². The molecule has 0 saturated heterocycles. The number of hydrogen-bond acceptors (Lipinski definition) is 4. The van der Waals surface area contributed by atoms with E-state index in [2.05, 4.69) is 213 Å². The predicted molar refractivity (Wildman–Crippen MR) is 244 cm³/mol. The molecule has 8 aromatic carbocycles. The van der Waals surface area contributed by atoms with Crippen LogP contribution in [0, 0.1) is 11.3 Å². The first-order valence-corrected chi connectivity index (χ1v) is 19.7. The third-order valence-electron chi connectivity index (χ3n) is 10.9. The Bertz CT molecular complexity index is 2860. The Labute approximate surface area is 343 Å². The van der Waals surface area contributed by atoms with E-state index in [9.17, 15) is 5.26 Å². The summed E-state index contributed by atoms with van der Waals surface area (Å²) in [6, 6.07) is 76.6. The zero-order valence-electron chi connectivity index (χ0n) is 32.1. The number of hydrogen-bond donors (Lipinski definition) is 0. The van der Waals surface area contributed by atoms with Gasteiger partial charge in [0, 0.05) is 68.5 Å². The molecule has 0 atom stereocenters. The van der Waals surface area contributed by atoms with Gasteiger partial charge in [-0.05, 0) is 132 Å². The van der Waals surface area contributed by atoms with Gasteiger partial charge in [0.05, 0.1) is 22.7 Å². The molecule has 10 rings (SSSR count). The van der Waals surface area contributed by atoms with E-state index in [-0.39, 0.29) is 0 Å². The number of pyridine rings is 1. The normalized spacial score (nSPS) is 11.0. The second-order valence-corrected chi connectivity index (χ2v) is 14.4. The number of nitrogens with zero attached hydrogens (tertiary/aromatic N) is 5. The Morgan fingerprint density at radius 3 is 1.34 bits per heavy atom. The molecule has 0 bridgehead atoms. The van der Waals surface area contributed by atoms with E-state index >= 15 is 0 Å². The third kappa shape index (κ3) is 6.65. The second kappa shape index (κ2) is 15.4. The quantitative estimate of drug-likeness (QED) is 0.147. The summed E-state index contributed by atoms with van der Waals surface area (Å²) in [6.45, 7) is 0. The summed E-state index contributed by atoms with van der Waals surface area (Å²) in [5.74, 6) is 0. The van der Waals surface area contributed by atoms with Crippen LogP contribution in [0.1, 0.15) is 5.56 Å². The lowest BCUT2D eigenvalue weighted by molar-refractivity contribution is 1.18. The molecule has 2 heterocycles. The van der Waals surface area contributed by atoms with Crippen molar-refractivity contribution < 1.29 is 0 Å². The molecule has 0 N–H and O–H groups in total. The number of fused-ring (bicyclic) bond motifs is 3. The van der Waals surface area contributed by atoms with Crippen molar-refractivity contribution in [1.29, 1.82) is 5.26 Å². The van der Waals surface area contributed by atoms with Crippen LogP contribution in [0.3, 0.4) is 0 Å². The molecule has 0 radical (unpaired) electrons. The molecule has 0 aliphatic heterocycles. The lowest BCUT2D eigenvalue weighted by Crippen LogP contribution is -2.09. The van der Waals surface area contributed by atoms with Crippen LogP contribution in [0.15, 0.2) is 225 Å². The zero-order valence-corrected chi connectivity index (χ0v) is 32.1. The summed E-state index contributed by atoms with van der Waals surface area (Å²) in [6.07, 6.45) is 3.65. The van der Waals surface area contributed by atoms with Gasteiger partial charge < -0.3 is 14.4 Å². The van der Waals surface area contributed by atoms with E-state index in [0.29, 0.717) is 5.56 Å². The molecule has 5 heteroatoms. The second-order valence-electron chi connectivity index (χ2n) is 14.4. The molecule has 5 nitrogen and oxygen atoms in total. The third-order valence-corrected chi connectivity index (χ3v) is 10.9. The first kappa shape index (κ1) is 35.2. The molecule has 0 aliphatic rings. The van der Waals surface area contributed by atoms with Crippen LogP contribution in [0.5, 0.6) is 0 Å². The summed E-state index contributed by atoms with van der Waals surface area (Å²) in [5, 5.41) is 12.1. The molecular weight excluding hydrogens is 719 g/mol. The van der Waals surface area contributed by atoms with Gasteiger partial charge in [-0.25, -0.2) is 0 Å². The minimum absolute atomic E-state index is 0.617. The molecule has 278 valence electrons. The molecule has 0 saturated carbocycles. The van der Waals surface area contributed by atoms with Gasteiger partial charge in [-0.15, -0.1) is 0 Å². The van der Waals surface area contributed by atoms with Crippen LogP contribution in [0.2, 0.25) is 0 Å². The molecular formula is C54H37N5. The van der Waals surface area contributed by atoms with Gasteiger partial charge in [0.1, 0.15) is 0 Å². The number of anilines is 6. The largest absolute Gasteiger partial charge is 0.310 e. The average molecular weight is 756 g/mol. The van der Waals surface area contributed by atoms with Crippen LogP contribution in [-0.2, 0) is 0 Å². The van der Waals surface area contributed by atoms with Gasteiger partial charge >= 0.3 is 0 Å². The molecule has 0 unspecified atom stereocenters. The van der Waals surface area contributed by atoms with E-state index in [0.717, 1.165) is 83.9 Å². The predicted octanol–water partition coefficient (Wildman–Crippen LogP) is 14.3. The fourth-order valence-electron chi connectivity index (χ4n) is 8.17. The SMILES string of the molecule is N#Cc1ccc(-c2cccnc2)c(-c2ccc(-n3c4ccc(N(c5ccccc5)c5ccccc5)cc4c4cc(N(c5ccccc5)c5ccccc5)ccc43)cc2)c1. The minimum atomic E-state index is 0.617. The molecule has 0 aliphatic carbocycles. The lowest BCUT2D eigenvalue weighted by Gasteiger charge is -2.26. The maximum atomic E-state index is 9.84. The highest BCUT2D eigenvalue weighted by Gasteiger charge is 2.20. The number of para-hydroxylation sites is 4. The first-order chi connectivity index (χ1) is 29.2. The lowest BCUT2D eigenvalue weighted by atomic mass is 9.93. The number of rotatable bonds is 9. The monoisotopic (exact) mass is 755 g/mol. The van der Waals surface area contributed by atoms with Gasteiger partial charge in [0.15, 0.2) is 0 Å². The summed E-state index contributed by atoms with van der Waals surface area (Å²) >= 11 is 0. The maximum absolute atomic E-state index is 9.84. The zero-order chi connectivity index (χ0) is 39.5. The Morgan fingerprint density at radius 2 is 0.898 bits per heavy atom. The van der Waals surface area contributed by atoms with E-state index < -0.39 is 0 Å². The summed E-state index contributed by atoms with van der Waals surface area (Å²) < 4.78 is 2.36. The van der Waals surface area contributed by atoms with Crippen molar-refractivity contribution in [2.75, 3.05) is 9.80 Å². The fraction of sp³-hybridized carbons (Fsp3) is 0. The van der Waals surface area contributed by atoms with Gasteiger partial charge in [0.2, 0.25) is 0 Å². The van der Waals surface area contributed by atoms with E-state index in [1.807, 2.05) is 30.5 Å². The van der Waals surface area contributed by atoms with Crippen LogP contribution >= 0.6 is 0 Å². The standard InChI is InChI=1S/C54H37N5/c55-37-39-23-30-49(41-14-13-33-56-38-41)50(34-39)40-24-26-46(27-25-40)59-53-31-28-47(57(42-15-5-1-6-16-42)43-17-7-2-8-18-43)35-51(53)52-36-48(29-32-54(52)59)58(44-19-9-3-10-20-44)45-21-11-4-12-22-45/h1-36,38H.